The Morgan fingerprint density at radius 3 is 1.47 bits per heavy atom. The van der Waals surface area contributed by atoms with Gasteiger partial charge < -0.3 is 5.11 Å². The summed E-state index contributed by atoms with van der Waals surface area (Å²) in [6, 6.07) is 1.83. The lowest BCUT2D eigenvalue weighted by atomic mass is 9.68. The Balaban J connectivity index is 2.77. The highest BCUT2D eigenvalue weighted by molar-refractivity contribution is 5.33. The van der Waals surface area contributed by atoms with E-state index >= 15 is 0 Å². The van der Waals surface area contributed by atoms with Crippen LogP contribution in [0.15, 0.2) is 18.2 Å². The highest BCUT2D eigenvalue weighted by Gasteiger charge is 2.41. The van der Waals surface area contributed by atoms with Crippen molar-refractivity contribution in [1.29, 1.82) is 0 Å². The molecule has 0 fully saturated rings. The predicted octanol–water partition coefficient (Wildman–Crippen LogP) is 10.2. The molecular weight excluding hydrogens is 478 g/mol. The number of aliphatic hydroxyl groups is 1. The molecule has 0 saturated heterocycles. The summed E-state index contributed by atoms with van der Waals surface area (Å²) >= 11 is 0. The molecule has 7 heteroatoms. The molecule has 0 amide bonds. The van der Waals surface area contributed by atoms with Gasteiger partial charge in [-0.3, -0.25) is 0 Å². The van der Waals surface area contributed by atoms with Crippen LogP contribution in [0, 0.1) is 17.8 Å². The van der Waals surface area contributed by atoms with E-state index in [1.165, 1.54) is 25.7 Å². The van der Waals surface area contributed by atoms with Crippen LogP contribution < -0.4 is 0 Å². The van der Waals surface area contributed by atoms with E-state index in [9.17, 15) is 31.4 Å². The van der Waals surface area contributed by atoms with Gasteiger partial charge in [0.2, 0.25) is 0 Å². The second kappa shape index (κ2) is 14.6. The normalized spacial score (nSPS) is 14.2. The van der Waals surface area contributed by atoms with Crippen LogP contribution in [0.3, 0.4) is 0 Å². The standard InChI is InChI=1S/C29H46F6O/c1-6-7-8-9-10-13-16-24(27(36,21(2)3)22(4)5)17-14-11-12-15-23-18-25(28(30,31)32)20-26(19-23)29(33,34)35/h18-22,24,36H,6-17H2,1-5H3. The van der Waals surface area contributed by atoms with Gasteiger partial charge in [0.05, 0.1) is 16.7 Å². The molecule has 1 aromatic rings. The van der Waals surface area contributed by atoms with Crippen LogP contribution in [0.1, 0.15) is 122 Å². The number of alkyl halides is 6. The Bertz CT molecular complexity index is 711. The van der Waals surface area contributed by atoms with Gasteiger partial charge in [-0.25, -0.2) is 0 Å². The summed E-state index contributed by atoms with van der Waals surface area (Å²) in [5, 5.41) is 11.6. The summed E-state index contributed by atoms with van der Waals surface area (Å²) in [6.45, 7) is 10.4. The first-order valence-corrected chi connectivity index (χ1v) is 13.6. The van der Waals surface area contributed by atoms with Gasteiger partial charge in [0.15, 0.2) is 0 Å². The third kappa shape index (κ3) is 10.3. The number of unbranched alkanes of at least 4 members (excludes halogenated alkanes) is 7. The zero-order valence-corrected chi connectivity index (χ0v) is 22.7. The third-order valence-electron chi connectivity index (χ3n) is 7.58. The van der Waals surface area contributed by atoms with Gasteiger partial charge in [-0.05, 0) is 67.2 Å². The lowest BCUT2D eigenvalue weighted by molar-refractivity contribution is -0.143. The molecule has 0 aliphatic heterocycles. The molecule has 1 unspecified atom stereocenters. The average molecular weight is 525 g/mol. The van der Waals surface area contributed by atoms with Gasteiger partial charge in [0.25, 0.3) is 0 Å². The van der Waals surface area contributed by atoms with E-state index in [2.05, 4.69) is 6.92 Å². The van der Waals surface area contributed by atoms with E-state index in [0.29, 0.717) is 12.8 Å². The zero-order valence-electron chi connectivity index (χ0n) is 22.7. The molecular formula is C29H46F6O. The van der Waals surface area contributed by atoms with Crippen molar-refractivity contribution in [2.75, 3.05) is 0 Å². The first kappa shape index (κ1) is 32.8. The quantitative estimate of drug-likeness (QED) is 0.168. The molecule has 210 valence electrons. The Kier molecular flexibility index (Phi) is 13.3. The molecule has 1 rings (SSSR count). The van der Waals surface area contributed by atoms with Gasteiger partial charge in [0, 0.05) is 0 Å². The summed E-state index contributed by atoms with van der Waals surface area (Å²) in [5.74, 6) is 0.302. The van der Waals surface area contributed by atoms with Gasteiger partial charge >= 0.3 is 12.4 Å². The number of hydrogen-bond acceptors (Lipinski definition) is 1. The van der Waals surface area contributed by atoms with Crippen LogP contribution in [0.25, 0.3) is 0 Å². The van der Waals surface area contributed by atoms with Gasteiger partial charge in [-0.1, -0.05) is 86.0 Å². The largest absolute Gasteiger partial charge is 0.416 e. The summed E-state index contributed by atoms with van der Waals surface area (Å²) in [4.78, 5) is 0. The number of rotatable bonds is 16. The number of aryl methyl sites for hydroxylation is 1. The van der Waals surface area contributed by atoms with Crippen molar-refractivity contribution in [3.8, 4) is 0 Å². The Morgan fingerprint density at radius 1 is 0.639 bits per heavy atom. The molecule has 1 N–H and O–H groups in total. The predicted molar refractivity (Wildman–Crippen MR) is 135 cm³/mol. The maximum absolute atomic E-state index is 13.1. The van der Waals surface area contributed by atoms with E-state index in [1.54, 1.807) is 0 Å². The maximum Gasteiger partial charge on any atom is 0.416 e. The minimum Gasteiger partial charge on any atom is -0.389 e. The fourth-order valence-electron chi connectivity index (χ4n) is 5.45. The monoisotopic (exact) mass is 524 g/mol. The molecule has 1 nitrogen and oxygen atoms in total. The first-order chi connectivity index (χ1) is 16.6. The number of benzene rings is 1. The van der Waals surface area contributed by atoms with Crippen molar-refractivity contribution in [1.82, 2.24) is 0 Å². The molecule has 0 aliphatic rings. The van der Waals surface area contributed by atoms with Crippen LogP contribution in [-0.4, -0.2) is 10.7 Å². The summed E-state index contributed by atoms with van der Waals surface area (Å²) in [7, 11) is 0. The molecule has 0 aliphatic carbocycles. The van der Waals surface area contributed by atoms with Crippen molar-refractivity contribution in [3.63, 3.8) is 0 Å². The third-order valence-corrected chi connectivity index (χ3v) is 7.58. The van der Waals surface area contributed by atoms with Crippen molar-refractivity contribution in [2.24, 2.45) is 17.8 Å². The average Bonchev–Trinajstić information content (AvgIpc) is 2.77. The van der Waals surface area contributed by atoms with Crippen LogP contribution >= 0.6 is 0 Å². The molecule has 0 radical (unpaired) electrons. The van der Waals surface area contributed by atoms with Crippen LogP contribution in [0.2, 0.25) is 0 Å². The lowest BCUT2D eigenvalue weighted by Gasteiger charge is -2.43. The van der Waals surface area contributed by atoms with E-state index < -0.39 is 29.1 Å². The molecule has 1 atom stereocenters. The Hall–Kier alpha value is -1.24. The van der Waals surface area contributed by atoms with E-state index in [-0.39, 0.29) is 35.8 Å². The smallest absolute Gasteiger partial charge is 0.389 e. The maximum atomic E-state index is 13.1. The fraction of sp³-hybridized carbons (Fsp3) is 0.793. The van der Waals surface area contributed by atoms with E-state index in [4.69, 9.17) is 0 Å². The molecule has 0 aromatic heterocycles. The molecule has 0 saturated carbocycles. The minimum absolute atomic E-state index is 0.0571. The number of halogens is 6. The van der Waals surface area contributed by atoms with Gasteiger partial charge in [0.1, 0.15) is 0 Å². The molecule has 1 aromatic carbocycles. The fourth-order valence-corrected chi connectivity index (χ4v) is 5.45. The van der Waals surface area contributed by atoms with E-state index in [1.807, 2.05) is 27.7 Å². The van der Waals surface area contributed by atoms with Crippen molar-refractivity contribution < 1.29 is 31.4 Å². The second-order valence-corrected chi connectivity index (χ2v) is 11.0. The van der Waals surface area contributed by atoms with Crippen LogP contribution in [0.5, 0.6) is 0 Å². The van der Waals surface area contributed by atoms with E-state index in [0.717, 1.165) is 44.2 Å². The van der Waals surface area contributed by atoms with Crippen molar-refractivity contribution in [3.05, 3.63) is 34.9 Å². The summed E-state index contributed by atoms with van der Waals surface area (Å²) < 4.78 is 78.6. The molecule has 0 bridgehead atoms. The Morgan fingerprint density at radius 2 is 1.06 bits per heavy atom. The van der Waals surface area contributed by atoms with Crippen LogP contribution in [-0.2, 0) is 18.8 Å². The van der Waals surface area contributed by atoms with Crippen molar-refractivity contribution in [2.45, 2.75) is 130 Å². The van der Waals surface area contributed by atoms with Gasteiger partial charge in [-0.15, -0.1) is 0 Å². The first-order valence-electron chi connectivity index (χ1n) is 13.6. The minimum atomic E-state index is -4.82. The lowest BCUT2D eigenvalue weighted by Crippen LogP contribution is -2.47. The molecule has 0 heterocycles. The van der Waals surface area contributed by atoms with Gasteiger partial charge in [-0.2, -0.15) is 26.3 Å². The second-order valence-electron chi connectivity index (χ2n) is 11.0. The summed E-state index contributed by atoms with van der Waals surface area (Å²) in [5.41, 5.74) is -3.26. The van der Waals surface area contributed by atoms with Crippen molar-refractivity contribution >= 4 is 0 Å². The van der Waals surface area contributed by atoms with Crippen LogP contribution in [0.4, 0.5) is 26.3 Å². The number of hydrogen-bond donors (Lipinski definition) is 1. The highest BCUT2D eigenvalue weighted by Crippen LogP contribution is 2.40. The Labute approximate surface area is 214 Å². The topological polar surface area (TPSA) is 20.2 Å². The summed E-state index contributed by atoms with van der Waals surface area (Å²) in [6.07, 6.45) is 1.28. The molecule has 36 heavy (non-hydrogen) atoms. The zero-order chi connectivity index (χ0) is 27.6. The highest BCUT2D eigenvalue weighted by atomic mass is 19.4. The SMILES string of the molecule is CCCCCCCCC(CCCCCc1cc(C(F)(F)F)cc(C(F)(F)F)c1)C(O)(C(C)C)C(C)C. The molecule has 0 spiro atoms.